The molecule has 0 saturated heterocycles. The van der Waals surface area contributed by atoms with Crippen molar-refractivity contribution < 1.29 is 26.9 Å². The Labute approximate surface area is 196 Å². The van der Waals surface area contributed by atoms with E-state index < -0.39 is 15.7 Å². The number of unbranched alkanes of at least 4 members (excludes halogenated alkanes) is 4. The molecule has 7 nitrogen and oxygen atoms in total. The Hall–Kier alpha value is -2.71. The summed E-state index contributed by atoms with van der Waals surface area (Å²) in [5.41, 5.74) is -0.529. The third-order valence-electron chi connectivity index (χ3n) is 5.63. The number of anilines is 1. The zero-order chi connectivity index (χ0) is 24.3. The molecule has 1 unspecified atom stereocenters. The molecule has 2 rings (SSSR count). The maximum atomic E-state index is 12.7. The predicted octanol–water partition coefficient (Wildman–Crippen LogP) is 5.12. The molecule has 2 aromatic carbocycles. The molecule has 180 valence electrons. The minimum absolute atomic E-state index is 0.0261. The normalized spacial score (nSPS) is 13.2. The number of hydrogen-bond donors (Lipinski definition) is 1. The van der Waals surface area contributed by atoms with Gasteiger partial charge in [-0.25, -0.2) is 0 Å². The van der Waals surface area contributed by atoms with Gasteiger partial charge >= 0.3 is 10.1 Å². The van der Waals surface area contributed by atoms with E-state index in [4.69, 9.17) is 8.92 Å². The number of ketones is 1. The van der Waals surface area contributed by atoms with Crippen molar-refractivity contribution >= 4 is 27.5 Å². The van der Waals surface area contributed by atoms with Crippen molar-refractivity contribution in [3.63, 3.8) is 0 Å². The summed E-state index contributed by atoms with van der Waals surface area (Å²) in [7, 11) is -2.54. The van der Waals surface area contributed by atoms with E-state index in [1.54, 1.807) is 62.6 Å². The Balaban J connectivity index is 1.80. The van der Waals surface area contributed by atoms with Crippen LogP contribution in [-0.2, 0) is 24.4 Å². The number of amides is 1. The predicted molar refractivity (Wildman–Crippen MR) is 128 cm³/mol. The van der Waals surface area contributed by atoms with Crippen molar-refractivity contribution in [1.29, 1.82) is 0 Å². The van der Waals surface area contributed by atoms with Crippen molar-refractivity contribution in [2.24, 2.45) is 0 Å². The number of Topliss-reactive ketones (excluding diaryl/α,β-unsaturated/α-hetero) is 1. The number of carbonyl (C=O) groups is 2. The van der Waals surface area contributed by atoms with Crippen LogP contribution >= 0.6 is 0 Å². The van der Waals surface area contributed by atoms with E-state index in [2.05, 4.69) is 5.32 Å². The van der Waals surface area contributed by atoms with Gasteiger partial charge in [-0.1, -0.05) is 56.0 Å². The van der Waals surface area contributed by atoms with Crippen LogP contribution in [0.25, 0.3) is 0 Å². The Bertz CT molecular complexity index is 1020. The summed E-state index contributed by atoms with van der Waals surface area (Å²) in [6.07, 6.45) is 5.30. The largest absolute Gasteiger partial charge is 0.379 e. The van der Waals surface area contributed by atoms with Gasteiger partial charge in [-0.05, 0) is 51.0 Å². The second-order valence-corrected chi connectivity index (χ2v) is 9.67. The van der Waals surface area contributed by atoms with Crippen LogP contribution in [0.3, 0.4) is 0 Å². The summed E-state index contributed by atoms with van der Waals surface area (Å²) in [5, 5.41) is 2.69. The number of hydrogen-bond acceptors (Lipinski definition) is 6. The summed E-state index contributed by atoms with van der Waals surface area (Å²) >= 11 is 0. The number of para-hydroxylation sites is 2. The van der Waals surface area contributed by atoms with Crippen molar-refractivity contribution in [2.45, 2.75) is 69.3 Å². The molecule has 33 heavy (non-hydrogen) atoms. The maximum absolute atomic E-state index is 12.7. The first-order valence-corrected chi connectivity index (χ1v) is 12.5. The van der Waals surface area contributed by atoms with Crippen LogP contribution in [0.4, 0.5) is 5.69 Å². The van der Waals surface area contributed by atoms with E-state index in [1.165, 1.54) is 6.07 Å². The molecule has 0 aromatic heterocycles. The highest BCUT2D eigenvalue weighted by atomic mass is 32.2. The average Bonchev–Trinajstić information content (AvgIpc) is 2.78. The molecule has 0 radical (unpaired) electrons. The molecule has 0 spiro atoms. The van der Waals surface area contributed by atoms with Crippen LogP contribution in [0, 0.1) is 0 Å². The number of rotatable bonds is 14. The van der Waals surface area contributed by atoms with E-state index in [0.717, 1.165) is 25.7 Å². The van der Waals surface area contributed by atoms with Crippen molar-refractivity contribution in [3.8, 4) is 5.75 Å². The van der Waals surface area contributed by atoms with Crippen LogP contribution < -0.4 is 9.50 Å². The number of methoxy groups -OCH3 is 1. The molecule has 0 fully saturated rings. The van der Waals surface area contributed by atoms with Crippen LogP contribution in [0.15, 0.2) is 59.5 Å². The fourth-order valence-electron chi connectivity index (χ4n) is 3.35. The van der Waals surface area contributed by atoms with E-state index in [0.29, 0.717) is 12.8 Å². The number of carbonyl (C=O) groups excluding carboxylic acids is 2. The first-order chi connectivity index (χ1) is 15.7. The molecule has 0 saturated carbocycles. The minimum Gasteiger partial charge on any atom is -0.379 e. The van der Waals surface area contributed by atoms with Crippen LogP contribution in [0.1, 0.15) is 58.8 Å². The smallest absolute Gasteiger partial charge is 0.341 e. The fraction of sp³-hybridized carbons (Fsp3) is 0.440. The minimum atomic E-state index is -4.09. The molecule has 8 heteroatoms. The van der Waals surface area contributed by atoms with Gasteiger partial charge in [0.05, 0.1) is 5.69 Å². The molecule has 1 N–H and O–H groups in total. The van der Waals surface area contributed by atoms with E-state index >= 15 is 0 Å². The van der Waals surface area contributed by atoms with Crippen LogP contribution in [-0.4, -0.2) is 32.8 Å². The van der Waals surface area contributed by atoms with E-state index in [1.807, 2.05) is 6.92 Å². The van der Waals surface area contributed by atoms with Crippen LogP contribution in [0.2, 0.25) is 0 Å². The summed E-state index contributed by atoms with van der Waals surface area (Å²) in [6, 6.07) is 14.4. The molecule has 0 aliphatic heterocycles. The van der Waals surface area contributed by atoms with Gasteiger partial charge < -0.3 is 14.2 Å². The zero-order valence-corrected chi connectivity index (χ0v) is 20.3. The van der Waals surface area contributed by atoms with E-state index in [-0.39, 0.29) is 34.4 Å². The first-order valence-electron chi connectivity index (χ1n) is 11.1. The van der Waals surface area contributed by atoms with Gasteiger partial charge in [0.2, 0.25) is 5.91 Å². The standard InChI is InChI=1S/C25H33NO6S/c1-20(27)25(2,31-3)19-13-6-4-5-10-18-24(28)26-22-16-11-12-17-23(22)33(29,30)32-21-14-8-7-9-15-21/h7-9,11-12,14-17H,4-6,10,13,18-19H2,1-3H3,(H,26,28). The third kappa shape index (κ3) is 8.29. The number of benzene rings is 2. The lowest BCUT2D eigenvalue weighted by Gasteiger charge is -2.24. The lowest BCUT2D eigenvalue weighted by Crippen LogP contribution is -2.35. The molecule has 0 aliphatic carbocycles. The molecule has 2 aromatic rings. The molecule has 0 bridgehead atoms. The highest BCUT2D eigenvalue weighted by Gasteiger charge is 2.28. The Kier molecular flexibility index (Phi) is 10.1. The van der Waals surface area contributed by atoms with Gasteiger partial charge in [-0.3, -0.25) is 9.59 Å². The fourth-order valence-corrected chi connectivity index (χ4v) is 4.44. The summed E-state index contributed by atoms with van der Waals surface area (Å²) < 4.78 is 35.9. The highest BCUT2D eigenvalue weighted by Crippen LogP contribution is 2.25. The molecule has 1 amide bonds. The molecule has 1 atom stereocenters. The monoisotopic (exact) mass is 475 g/mol. The lowest BCUT2D eigenvalue weighted by molar-refractivity contribution is -0.137. The van der Waals surface area contributed by atoms with Crippen molar-refractivity contribution in [2.75, 3.05) is 12.4 Å². The first kappa shape index (κ1) is 26.5. The van der Waals surface area contributed by atoms with Crippen molar-refractivity contribution in [1.82, 2.24) is 0 Å². The van der Waals surface area contributed by atoms with Gasteiger partial charge in [-0.15, -0.1) is 0 Å². The summed E-state index contributed by atoms with van der Waals surface area (Å²) in [4.78, 5) is 23.9. The van der Waals surface area contributed by atoms with E-state index in [9.17, 15) is 18.0 Å². The average molecular weight is 476 g/mol. The Morgan fingerprint density at radius 3 is 2.18 bits per heavy atom. The zero-order valence-electron chi connectivity index (χ0n) is 19.5. The third-order valence-corrected chi connectivity index (χ3v) is 6.94. The summed E-state index contributed by atoms with van der Waals surface area (Å²) in [5.74, 6) is -0.0215. The highest BCUT2D eigenvalue weighted by molar-refractivity contribution is 7.87. The molecule has 0 aliphatic rings. The van der Waals surface area contributed by atoms with Gasteiger partial charge in [0.25, 0.3) is 0 Å². The second kappa shape index (κ2) is 12.5. The topological polar surface area (TPSA) is 98.8 Å². The van der Waals surface area contributed by atoms with Gasteiger partial charge in [0.1, 0.15) is 16.2 Å². The van der Waals surface area contributed by atoms with Gasteiger partial charge in [-0.2, -0.15) is 8.42 Å². The van der Waals surface area contributed by atoms with Crippen LogP contribution in [0.5, 0.6) is 5.75 Å². The Morgan fingerprint density at radius 1 is 0.909 bits per heavy atom. The molecular formula is C25H33NO6S. The molecular weight excluding hydrogens is 442 g/mol. The maximum Gasteiger partial charge on any atom is 0.341 e. The van der Waals surface area contributed by atoms with Gasteiger partial charge in [0, 0.05) is 13.5 Å². The Morgan fingerprint density at radius 2 is 1.52 bits per heavy atom. The number of ether oxygens (including phenoxy) is 1. The quantitative estimate of drug-likeness (QED) is 0.301. The molecule has 0 heterocycles. The second-order valence-electron chi connectivity index (χ2n) is 8.15. The van der Waals surface area contributed by atoms with Crippen molar-refractivity contribution in [3.05, 3.63) is 54.6 Å². The van der Waals surface area contributed by atoms with Gasteiger partial charge in [0.15, 0.2) is 5.78 Å². The SMILES string of the molecule is COC(C)(CCCCCCCC(=O)Nc1ccccc1S(=O)(=O)Oc1ccccc1)C(C)=O. The lowest BCUT2D eigenvalue weighted by atomic mass is 9.94. The summed E-state index contributed by atoms with van der Waals surface area (Å²) in [6.45, 7) is 3.35. The number of nitrogens with one attached hydrogen (secondary N) is 1.